The second kappa shape index (κ2) is 10.4. The van der Waals surface area contributed by atoms with Crippen molar-refractivity contribution < 1.29 is 14.3 Å². The van der Waals surface area contributed by atoms with E-state index in [1.54, 1.807) is 6.07 Å². The molecule has 166 valence electrons. The summed E-state index contributed by atoms with van der Waals surface area (Å²) in [5.74, 6) is -0.179. The van der Waals surface area contributed by atoms with E-state index in [2.05, 4.69) is 32.1 Å². The highest BCUT2D eigenvalue weighted by Gasteiger charge is 2.11. The fourth-order valence-electron chi connectivity index (χ4n) is 3.45. The highest BCUT2D eigenvalue weighted by atomic mass is 79.9. The number of hydrogen-bond acceptors (Lipinski definition) is 4. The first-order valence-electron chi connectivity index (χ1n) is 10.2. The van der Waals surface area contributed by atoms with Crippen LogP contribution in [-0.4, -0.2) is 23.5 Å². The Labute approximate surface area is 204 Å². The molecule has 4 aromatic carbocycles. The second-order valence-corrected chi connectivity index (χ2v) is 8.45. The van der Waals surface area contributed by atoms with Gasteiger partial charge in [0.25, 0.3) is 5.91 Å². The van der Waals surface area contributed by atoms with Gasteiger partial charge in [-0.3, -0.25) is 25.8 Å². The Morgan fingerprint density at radius 2 is 1.45 bits per heavy atom. The summed E-state index contributed by atoms with van der Waals surface area (Å²) in [6.45, 7) is -0.233. The molecule has 8 heteroatoms. The first-order chi connectivity index (χ1) is 16.0. The predicted molar refractivity (Wildman–Crippen MR) is 137 cm³/mol. The Hall–Kier alpha value is -3.49. The molecule has 4 aromatic rings. The van der Waals surface area contributed by atoms with Crippen molar-refractivity contribution in [3.05, 3.63) is 88.9 Å². The van der Waals surface area contributed by atoms with E-state index < -0.39 is 5.91 Å². The summed E-state index contributed by atoms with van der Waals surface area (Å²) in [5, 5.41) is 6.59. The van der Waals surface area contributed by atoms with E-state index in [4.69, 9.17) is 17.0 Å². The van der Waals surface area contributed by atoms with Crippen LogP contribution in [0.1, 0.15) is 5.56 Å². The van der Waals surface area contributed by atoms with Crippen LogP contribution in [0.25, 0.3) is 21.5 Å². The van der Waals surface area contributed by atoms with Crippen molar-refractivity contribution in [3.8, 4) is 5.75 Å². The van der Waals surface area contributed by atoms with Gasteiger partial charge < -0.3 is 4.74 Å². The zero-order chi connectivity index (χ0) is 23.2. The lowest BCUT2D eigenvalue weighted by molar-refractivity contribution is -0.122. The Morgan fingerprint density at radius 3 is 2.24 bits per heavy atom. The molecule has 6 nitrogen and oxygen atoms in total. The van der Waals surface area contributed by atoms with Crippen molar-refractivity contribution >= 4 is 66.6 Å². The molecule has 0 aliphatic rings. The van der Waals surface area contributed by atoms with Gasteiger partial charge in [-0.15, -0.1) is 0 Å². The van der Waals surface area contributed by atoms with Crippen molar-refractivity contribution in [1.29, 1.82) is 0 Å². The minimum absolute atomic E-state index is 0.0209. The van der Waals surface area contributed by atoms with Crippen LogP contribution < -0.4 is 20.9 Å². The maximum absolute atomic E-state index is 12.3. The number of ether oxygens (including phenoxy) is 1. The van der Waals surface area contributed by atoms with Crippen LogP contribution in [0.15, 0.2) is 83.3 Å². The lowest BCUT2D eigenvalue weighted by Crippen LogP contribution is -2.49. The minimum Gasteiger partial charge on any atom is -0.483 e. The molecule has 0 unspecified atom stereocenters. The largest absolute Gasteiger partial charge is 0.483 e. The number of carbonyl (C=O) groups excluding carboxylic acids is 2. The molecule has 33 heavy (non-hydrogen) atoms. The zero-order valence-electron chi connectivity index (χ0n) is 17.4. The maximum atomic E-state index is 12.3. The van der Waals surface area contributed by atoms with E-state index in [0.29, 0.717) is 5.75 Å². The summed E-state index contributed by atoms with van der Waals surface area (Å²) in [4.78, 5) is 24.5. The summed E-state index contributed by atoms with van der Waals surface area (Å²) < 4.78 is 6.39. The molecular weight excluding hydrogens is 502 g/mol. The molecule has 4 rings (SSSR count). The Morgan fingerprint density at radius 1 is 0.788 bits per heavy atom. The third-order valence-corrected chi connectivity index (χ3v) is 6.01. The van der Waals surface area contributed by atoms with E-state index in [-0.39, 0.29) is 24.0 Å². The fraction of sp³-hybridized carbons (Fsp3) is 0.0800. The monoisotopic (exact) mass is 521 g/mol. The van der Waals surface area contributed by atoms with Crippen LogP contribution >= 0.6 is 28.1 Å². The smallest absolute Gasteiger partial charge is 0.264 e. The zero-order valence-corrected chi connectivity index (χ0v) is 19.8. The number of benzene rings is 4. The van der Waals surface area contributed by atoms with E-state index in [1.165, 1.54) is 0 Å². The number of rotatable bonds is 5. The molecule has 0 bridgehead atoms. The van der Waals surface area contributed by atoms with Crippen LogP contribution in [0.4, 0.5) is 0 Å². The van der Waals surface area contributed by atoms with Crippen molar-refractivity contribution in [2.75, 3.05) is 6.61 Å². The molecule has 3 N–H and O–H groups in total. The molecule has 0 heterocycles. The maximum Gasteiger partial charge on any atom is 0.264 e. The van der Waals surface area contributed by atoms with Gasteiger partial charge in [-0.1, -0.05) is 72.8 Å². The minimum atomic E-state index is -0.448. The van der Waals surface area contributed by atoms with Crippen LogP contribution in [-0.2, 0) is 16.0 Å². The van der Waals surface area contributed by atoms with Gasteiger partial charge in [0.05, 0.1) is 10.9 Å². The summed E-state index contributed by atoms with van der Waals surface area (Å²) in [6, 6.07) is 25.3. The quantitative estimate of drug-likeness (QED) is 0.268. The molecule has 0 atom stereocenters. The highest BCUT2D eigenvalue weighted by Crippen LogP contribution is 2.32. The van der Waals surface area contributed by atoms with E-state index in [9.17, 15) is 9.59 Å². The summed E-state index contributed by atoms with van der Waals surface area (Å²) in [7, 11) is 0. The highest BCUT2D eigenvalue weighted by molar-refractivity contribution is 9.10. The number of hydrazine groups is 1. The molecule has 0 saturated heterocycles. The number of amides is 2. The van der Waals surface area contributed by atoms with Gasteiger partial charge in [0, 0.05) is 0 Å². The lowest BCUT2D eigenvalue weighted by Gasteiger charge is -2.13. The molecule has 0 aliphatic carbocycles. The van der Waals surface area contributed by atoms with Gasteiger partial charge >= 0.3 is 0 Å². The molecule has 0 fully saturated rings. The molecule has 0 spiro atoms. The Bertz CT molecular complexity index is 1350. The average Bonchev–Trinajstić information content (AvgIpc) is 2.83. The molecule has 2 amide bonds. The summed E-state index contributed by atoms with van der Waals surface area (Å²) >= 11 is 8.61. The van der Waals surface area contributed by atoms with Crippen LogP contribution in [0, 0.1) is 0 Å². The third-order valence-electron chi connectivity index (χ3n) is 4.99. The van der Waals surface area contributed by atoms with E-state index >= 15 is 0 Å². The SMILES string of the molecule is O=C(Cc1cccc2ccccc12)NNC(=S)NC(=O)COc1ccc2ccccc2c1Br. The van der Waals surface area contributed by atoms with Crippen molar-refractivity contribution in [2.45, 2.75) is 6.42 Å². The fourth-order valence-corrected chi connectivity index (χ4v) is 4.23. The molecule has 0 saturated carbocycles. The number of nitrogens with one attached hydrogen (secondary N) is 3. The number of fused-ring (bicyclic) bond motifs is 2. The Kier molecular flexibility index (Phi) is 7.16. The van der Waals surface area contributed by atoms with Crippen molar-refractivity contribution in [1.82, 2.24) is 16.2 Å². The van der Waals surface area contributed by atoms with Gasteiger partial charge in [-0.05, 0) is 61.3 Å². The van der Waals surface area contributed by atoms with Gasteiger partial charge in [-0.25, -0.2) is 0 Å². The lowest BCUT2D eigenvalue weighted by atomic mass is 10.0. The molecule has 0 aliphatic heterocycles. The predicted octanol–water partition coefficient (Wildman–Crippen LogP) is 4.40. The second-order valence-electron chi connectivity index (χ2n) is 7.25. The number of thiocarbonyl (C=S) groups is 1. The first-order valence-corrected chi connectivity index (χ1v) is 11.4. The van der Waals surface area contributed by atoms with Crippen LogP contribution in [0.3, 0.4) is 0 Å². The van der Waals surface area contributed by atoms with Gasteiger partial charge in [0.2, 0.25) is 5.91 Å². The van der Waals surface area contributed by atoms with Crippen LogP contribution in [0.2, 0.25) is 0 Å². The molecule has 0 radical (unpaired) electrons. The number of carbonyl (C=O) groups is 2. The van der Waals surface area contributed by atoms with Crippen LogP contribution in [0.5, 0.6) is 5.75 Å². The van der Waals surface area contributed by atoms with Crippen molar-refractivity contribution in [3.63, 3.8) is 0 Å². The third kappa shape index (κ3) is 5.66. The normalized spacial score (nSPS) is 10.6. The summed E-state index contributed by atoms with van der Waals surface area (Å²) in [5.41, 5.74) is 5.96. The van der Waals surface area contributed by atoms with E-state index in [0.717, 1.165) is 31.6 Å². The Balaban J connectivity index is 1.25. The number of hydrogen-bond donors (Lipinski definition) is 3. The van der Waals surface area contributed by atoms with Gasteiger partial charge in [-0.2, -0.15) is 0 Å². The first kappa shape index (κ1) is 22.7. The topological polar surface area (TPSA) is 79.5 Å². The van der Waals surface area contributed by atoms with Crippen molar-refractivity contribution in [2.24, 2.45) is 0 Å². The molecule has 0 aromatic heterocycles. The van der Waals surface area contributed by atoms with Gasteiger partial charge in [0.15, 0.2) is 11.7 Å². The summed E-state index contributed by atoms with van der Waals surface area (Å²) in [6.07, 6.45) is 0.171. The number of halogens is 1. The average molecular weight is 522 g/mol. The standard InChI is InChI=1S/C25H20BrN3O3S/c26-24-20-11-4-2-7-17(20)12-13-21(24)32-15-23(31)27-25(33)29-28-22(30)14-18-9-5-8-16-6-1-3-10-19(16)18/h1-13H,14-15H2,(H,28,30)(H2,27,29,31,33). The van der Waals surface area contributed by atoms with Gasteiger partial charge in [0.1, 0.15) is 5.75 Å². The molecular formula is C25H20BrN3O3S. The van der Waals surface area contributed by atoms with E-state index in [1.807, 2.05) is 72.8 Å².